The van der Waals surface area contributed by atoms with Crippen LogP contribution >= 0.6 is 22.9 Å². The fraction of sp³-hybridized carbons (Fsp3) is 0.0400. The number of nitrogens with zero attached hydrogens (tertiary/aromatic N) is 4. The predicted molar refractivity (Wildman–Crippen MR) is 129 cm³/mol. The normalized spacial score (nSPS) is 14.8. The van der Waals surface area contributed by atoms with E-state index in [1.165, 1.54) is 15.9 Å². The highest BCUT2D eigenvalue weighted by Gasteiger charge is 2.34. The van der Waals surface area contributed by atoms with Gasteiger partial charge in [0.25, 0.3) is 11.5 Å². The average Bonchev–Trinajstić information content (AvgIpc) is 3.46. The molecule has 0 saturated heterocycles. The number of benzene rings is 3. The lowest BCUT2D eigenvalue weighted by molar-refractivity contribution is -0.113. The topological polar surface area (TPSA) is 67.6 Å². The number of carbonyl (C=O) groups excluding carboxylic acids is 1. The predicted octanol–water partition coefficient (Wildman–Crippen LogP) is 3.94. The molecule has 0 fully saturated rings. The second-order valence-corrected chi connectivity index (χ2v) is 9.06. The molecule has 0 spiro atoms. The van der Waals surface area contributed by atoms with Crippen LogP contribution in [0.4, 0.5) is 5.69 Å². The van der Waals surface area contributed by atoms with Crippen molar-refractivity contribution in [3.05, 3.63) is 110 Å². The molecule has 3 aromatic carbocycles. The van der Waals surface area contributed by atoms with E-state index >= 15 is 0 Å². The summed E-state index contributed by atoms with van der Waals surface area (Å²) in [7, 11) is 0. The van der Waals surface area contributed by atoms with Crippen molar-refractivity contribution in [1.82, 2.24) is 14.6 Å². The molecule has 6 nitrogen and oxygen atoms in total. The molecular formula is C25H15ClN4O2S. The van der Waals surface area contributed by atoms with Crippen LogP contribution in [0.1, 0.15) is 11.1 Å². The van der Waals surface area contributed by atoms with Crippen LogP contribution < -0.4 is 15.0 Å². The molecule has 3 heterocycles. The van der Waals surface area contributed by atoms with Crippen molar-refractivity contribution in [1.29, 1.82) is 0 Å². The van der Waals surface area contributed by atoms with Crippen molar-refractivity contribution in [3.8, 4) is 11.4 Å². The molecule has 0 bridgehead atoms. The first-order valence-electron chi connectivity index (χ1n) is 10.2. The van der Waals surface area contributed by atoms with Gasteiger partial charge < -0.3 is 4.90 Å². The molecule has 1 aliphatic rings. The third kappa shape index (κ3) is 3.25. The summed E-state index contributed by atoms with van der Waals surface area (Å²) in [6.45, 7) is 0.425. The molecule has 0 saturated carbocycles. The van der Waals surface area contributed by atoms with Gasteiger partial charge in [0, 0.05) is 16.1 Å². The maximum Gasteiger partial charge on any atom is 0.291 e. The molecule has 6 rings (SSSR count). The first kappa shape index (κ1) is 19.8. The fourth-order valence-corrected chi connectivity index (χ4v) is 5.25. The van der Waals surface area contributed by atoms with Crippen LogP contribution in [0.5, 0.6) is 0 Å². The number of hydrogen-bond donors (Lipinski definition) is 0. The molecular weight excluding hydrogens is 456 g/mol. The van der Waals surface area contributed by atoms with Crippen LogP contribution in [0.25, 0.3) is 21.9 Å². The summed E-state index contributed by atoms with van der Waals surface area (Å²) in [5.41, 5.74) is 3.32. The molecule has 160 valence electrons. The Morgan fingerprint density at radius 2 is 1.70 bits per heavy atom. The van der Waals surface area contributed by atoms with Crippen LogP contribution in [0.15, 0.2) is 83.7 Å². The van der Waals surface area contributed by atoms with Crippen molar-refractivity contribution in [2.75, 3.05) is 4.90 Å². The number of amides is 1. The van der Waals surface area contributed by atoms with Crippen molar-refractivity contribution < 1.29 is 4.79 Å². The Labute approximate surface area is 197 Å². The summed E-state index contributed by atoms with van der Waals surface area (Å²) in [5.74, 6) is 0.220. The molecule has 0 atom stereocenters. The molecule has 2 aromatic heterocycles. The number of fused-ring (bicyclic) bond motifs is 2. The van der Waals surface area contributed by atoms with Gasteiger partial charge in [-0.1, -0.05) is 83.6 Å². The van der Waals surface area contributed by atoms with Gasteiger partial charge in [-0.2, -0.15) is 9.50 Å². The Hall–Kier alpha value is -3.81. The average molecular weight is 471 g/mol. The van der Waals surface area contributed by atoms with Crippen molar-refractivity contribution >= 4 is 45.1 Å². The largest absolute Gasteiger partial charge is 0.303 e. The number of rotatable bonds is 3. The summed E-state index contributed by atoms with van der Waals surface area (Å²) in [4.78, 5) is 33.5. The first-order valence-corrected chi connectivity index (χ1v) is 11.4. The van der Waals surface area contributed by atoms with Gasteiger partial charge in [-0.3, -0.25) is 9.59 Å². The minimum Gasteiger partial charge on any atom is -0.303 e. The number of anilines is 1. The van der Waals surface area contributed by atoms with E-state index in [2.05, 4.69) is 10.1 Å². The highest BCUT2D eigenvalue weighted by molar-refractivity contribution is 7.15. The zero-order valence-electron chi connectivity index (χ0n) is 17.1. The van der Waals surface area contributed by atoms with Crippen LogP contribution in [-0.4, -0.2) is 20.5 Å². The van der Waals surface area contributed by atoms with E-state index in [1.54, 1.807) is 17.0 Å². The number of para-hydroxylation sites is 1. The lowest BCUT2D eigenvalue weighted by Crippen LogP contribution is -2.32. The van der Waals surface area contributed by atoms with Crippen LogP contribution in [0.3, 0.4) is 0 Å². The third-order valence-corrected chi connectivity index (χ3v) is 6.84. The van der Waals surface area contributed by atoms with E-state index < -0.39 is 0 Å². The summed E-state index contributed by atoms with van der Waals surface area (Å²) in [6.07, 6.45) is 0. The minimum atomic E-state index is -0.351. The molecule has 0 unspecified atom stereocenters. The minimum absolute atomic E-state index is 0.197. The zero-order valence-corrected chi connectivity index (χ0v) is 18.7. The monoisotopic (exact) mass is 470 g/mol. The van der Waals surface area contributed by atoms with E-state index in [0.717, 1.165) is 22.4 Å². The molecule has 1 amide bonds. The van der Waals surface area contributed by atoms with Gasteiger partial charge in [-0.05, 0) is 23.8 Å². The smallest absolute Gasteiger partial charge is 0.291 e. The Bertz CT molecular complexity index is 1660. The molecule has 33 heavy (non-hydrogen) atoms. The van der Waals surface area contributed by atoms with Gasteiger partial charge in [0.1, 0.15) is 4.53 Å². The van der Waals surface area contributed by atoms with Gasteiger partial charge in [0.05, 0.1) is 17.8 Å². The number of hydrogen-bond acceptors (Lipinski definition) is 5. The van der Waals surface area contributed by atoms with Gasteiger partial charge in [-0.15, -0.1) is 5.10 Å². The van der Waals surface area contributed by atoms with Crippen LogP contribution in [0.2, 0.25) is 5.02 Å². The molecule has 8 heteroatoms. The fourth-order valence-electron chi connectivity index (χ4n) is 4.06. The van der Waals surface area contributed by atoms with E-state index in [4.69, 9.17) is 11.6 Å². The maximum atomic E-state index is 13.5. The summed E-state index contributed by atoms with van der Waals surface area (Å²) < 4.78 is 1.61. The quantitative estimate of drug-likeness (QED) is 0.400. The molecule has 0 radical (unpaired) electrons. The number of carbonyl (C=O) groups is 1. The van der Waals surface area contributed by atoms with Gasteiger partial charge in [0.15, 0.2) is 5.82 Å². The maximum absolute atomic E-state index is 13.5. The van der Waals surface area contributed by atoms with Gasteiger partial charge >= 0.3 is 0 Å². The molecule has 0 N–H and O–H groups in total. The molecule has 0 aliphatic carbocycles. The molecule has 1 aliphatic heterocycles. The van der Waals surface area contributed by atoms with Crippen LogP contribution in [0, 0.1) is 0 Å². The number of halogens is 1. The standard InChI is InChI=1S/C25H15ClN4O2S/c26-17-10-6-9-16(13-17)22-27-25-30(28-22)24(32)21(33-25)20-18-11-4-5-12-19(18)29(23(20)31)14-15-7-2-1-3-8-15/h1-13H,14H2/b21-20-. The van der Waals surface area contributed by atoms with Crippen molar-refractivity contribution in [2.45, 2.75) is 6.54 Å². The Morgan fingerprint density at radius 3 is 2.48 bits per heavy atom. The Morgan fingerprint density at radius 1 is 0.909 bits per heavy atom. The zero-order chi connectivity index (χ0) is 22.5. The lowest BCUT2D eigenvalue weighted by atomic mass is 10.1. The first-order chi connectivity index (χ1) is 16.1. The highest BCUT2D eigenvalue weighted by atomic mass is 35.5. The lowest BCUT2D eigenvalue weighted by Gasteiger charge is -2.17. The second kappa shape index (κ2) is 7.65. The second-order valence-electron chi connectivity index (χ2n) is 7.65. The Balaban J connectivity index is 1.51. The van der Waals surface area contributed by atoms with Crippen molar-refractivity contribution in [2.24, 2.45) is 0 Å². The van der Waals surface area contributed by atoms with E-state index in [0.29, 0.717) is 32.5 Å². The van der Waals surface area contributed by atoms with E-state index in [-0.39, 0.29) is 11.5 Å². The van der Waals surface area contributed by atoms with Gasteiger partial charge in [0.2, 0.25) is 4.96 Å². The molecule has 5 aromatic rings. The highest BCUT2D eigenvalue weighted by Crippen LogP contribution is 2.36. The van der Waals surface area contributed by atoms with Crippen molar-refractivity contribution in [3.63, 3.8) is 0 Å². The summed E-state index contributed by atoms with van der Waals surface area (Å²) in [6, 6.07) is 24.5. The van der Waals surface area contributed by atoms with Gasteiger partial charge in [-0.25, -0.2) is 0 Å². The number of thiazole rings is 1. The number of aromatic nitrogens is 3. The SMILES string of the molecule is O=C1/C(=c2\sc3nc(-c4cccc(Cl)c4)nn3c2=O)c2ccccc2N1Cc1ccccc1. The summed E-state index contributed by atoms with van der Waals surface area (Å²) >= 11 is 7.25. The summed E-state index contributed by atoms with van der Waals surface area (Å²) in [5, 5.41) is 4.96. The van der Waals surface area contributed by atoms with E-state index in [1.807, 2.05) is 66.7 Å². The third-order valence-electron chi connectivity index (χ3n) is 5.57. The van der Waals surface area contributed by atoms with Crippen LogP contribution in [-0.2, 0) is 11.3 Å². The van der Waals surface area contributed by atoms with E-state index in [9.17, 15) is 9.59 Å². The Kier molecular flexibility index (Phi) is 4.60.